The lowest BCUT2D eigenvalue weighted by Gasteiger charge is -2.34. The molecule has 23 heavy (non-hydrogen) atoms. The summed E-state index contributed by atoms with van der Waals surface area (Å²) in [5, 5.41) is 18.4. The highest BCUT2D eigenvalue weighted by atomic mass is 19.1. The molecule has 0 saturated carbocycles. The third-order valence-electron chi connectivity index (χ3n) is 4.01. The maximum absolute atomic E-state index is 13.7. The molecule has 1 N–H and O–H groups in total. The fourth-order valence-electron chi connectivity index (χ4n) is 2.94. The van der Waals surface area contributed by atoms with Crippen molar-refractivity contribution in [1.29, 1.82) is 0 Å². The molecule has 0 spiro atoms. The average molecular weight is 319 g/mol. The number of nitro benzene ring substituents is 1. The van der Waals surface area contributed by atoms with Crippen LogP contribution < -0.4 is 10.2 Å². The highest BCUT2D eigenvalue weighted by molar-refractivity contribution is 5.62. The Morgan fingerprint density at radius 3 is 3.00 bits per heavy atom. The van der Waals surface area contributed by atoms with Gasteiger partial charge >= 0.3 is 5.69 Å². The number of aryl methyl sites for hydroxylation is 1. The van der Waals surface area contributed by atoms with Crippen molar-refractivity contribution in [3.8, 4) is 0 Å². The minimum absolute atomic E-state index is 0.0180. The minimum Gasteiger partial charge on any atom is -0.375 e. The molecule has 8 heteroatoms. The maximum atomic E-state index is 13.7. The lowest BCUT2D eigenvalue weighted by Crippen LogP contribution is -2.42. The van der Waals surface area contributed by atoms with Crippen molar-refractivity contribution >= 4 is 17.1 Å². The maximum Gasteiger partial charge on any atom is 0.327 e. The number of nitro groups is 1. The van der Waals surface area contributed by atoms with Crippen molar-refractivity contribution in [1.82, 2.24) is 9.78 Å². The lowest BCUT2D eigenvalue weighted by atomic mass is 10.0. The van der Waals surface area contributed by atoms with Gasteiger partial charge in [0.25, 0.3) is 0 Å². The normalized spacial score (nSPS) is 18.0. The van der Waals surface area contributed by atoms with Gasteiger partial charge in [-0.05, 0) is 25.0 Å². The highest BCUT2D eigenvalue weighted by Crippen LogP contribution is 2.29. The zero-order valence-corrected chi connectivity index (χ0v) is 12.8. The van der Waals surface area contributed by atoms with E-state index < -0.39 is 16.4 Å². The molecule has 122 valence electrons. The number of aromatic nitrogens is 2. The fraction of sp³-hybridized carbons (Fsp3) is 0.400. The van der Waals surface area contributed by atoms with Crippen LogP contribution in [0.3, 0.4) is 0 Å². The van der Waals surface area contributed by atoms with Crippen LogP contribution in [0, 0.1) is 15.9 Å². The van der Waals surface area contributed by atoms with Crippen LogP contribution in [-0.2, 0) is 7.05 Å². The van der Waals surface area contributed by atoms with E-state index in [9.17, 15) is 14.5 Å². The summed E-state index contributed by atoms with van der Waals surface area (Å²) in [5.74, 6) is -0.820. The first kappa shape index (κ1) is 15.3. The number of halogens is 1. The van der Waals surface area contributed by atoms with Crippen LogP contribution in [0.15, 0.2) is 30.6 Å². The molecule has 1 aliphatic rings. The number of piperidine rings is 1. The number of rotatable bonds is 4. The predicted molar refractivity (Wildman–Crippen MR) is 85.1 cm³/mol. The Labute approximate surface area is 132 Å². The zero-order valence-electron chi connectivity index (χ0n) is 12.8. The molecule has 1 unspecified atom stereocenters. The van der Waals surface area contributed by atoms with Gasteiger partial charge in [-0.2, -0.15) is 9.49 Å². The van der Waals surface area contributed by atoms with E-state index >= 15 is 0 Å². The van der Waals surface area contributed by atoms with Gasteiger partial charge in [0.2, 0.25) is 5.82 Å². The molecular weight excluding hydrogens is 301 g/mol. The SMILES string of the molecule is Cn1cc(N2CCCC(Nc3cccc(F)c3[N+](=O)[O-])C2)cn1. The number of nitrogens with one attached hydrogen (secondary N) is 1. The fourth-order valence-corrected chi connectivity index (χ4v) is 2.94. The molecule has 1 saturated heterocycles. The summed E-state index contributed by atoms with van der Waals surface area (Å²) in [6.45, 7) is 1.61. The van der Waals surface area contributed by atoms with E-state index in [0.717, 1.165) is 31.1 Å². The summed E-state index contributed by atoms with van der Waals surface area (Å²) >= 11 is 0. The first-order valence-electron chi connectivity index (χ1n) is 7.47. The van der Waals surface area contributed by atoms with Crippen molar-refractivity contribution in [3.63, 3.8) is 0 Å². The zero-order chi connectivity index (χ0) is 16.4. The second kappa shape index (κ2) is 6.23. The van der Waals surface area contributed by atoms with Crippen LogP contribution in [0.5, 0.6) is 0 Å². The van der Waals surface area contributed by atoms with E-state index in [1.54, 1.807) is 16.9 Å². The summed E-state index contributed by atoms with van der Waals surface area (Å²) in [5.41, 5.74) is 0.756. The van der Waals surface area contributed by atoms with Crippen molar-refractivity contribution in [2.24, 2.45) is 7.05 Å². The third kappa shape index (κ3) is 3.25. The Morgan fingerprint density at radius 2 is 2.30 bits per heavy atom. The molecule has 1 aromatic carbocycles. The van der Waals surface area contributed by atoms with E-state index in [1.165, 1.54) is 6.07 Å². The second-order valence-electron chi connectivity index (χ2n) is 5.69. The van der Waals surface area contributed by atoms with Gasteiger partial charge in [-0.25, -0.2) is 0 Å². The van der Waals surface area contributed by atoms with Crippen LogP contribution in [0.25, 0.3) is 0 Å². The summed E-state index contributed by atoms with van der Waals surface area (Å²) in [4.78, 5) is 12.6. The summed E-state index contributed by atoms with van der Waals surface area (Å²) in [6.07, 6.45) is 5.57. The second-order valence-corrected chi connectivity index (χ2v) is 5.69. The molecular formula is C15H18FN5O2. The molecule has 1 fully saturated rings. The Hall–Kier alpha value is -2.64. The molecule has 0 radical (unpaired) electrons. The Kier molecular flexibility index (Phi) is 4.14. The first-order chi connectivity index (χ1) is 11.0. The van der Waals surface area contributed by atoms with Gasteiger partial charge in [0, 0.05) is 32.4 Å². The smallest absolute Gasteiger partial charge is 0.327 e. The van der Waals surface area contributed by atoms with Gasteiger partial charge in [0.1, 0.15) is 5.69 Å². The third-order valence-corrected chi connectivity index (χ3v) is 4.01. The lowest BCUT2D eigenvalue weighted by molar-refractivity contribution is -0.386. The summed E-state index contributed by atoms with van der Waals surface area (Å²) < 4.78 is 15.4. The van der Waals surface area contributed by atoms with Crippen LogP contribution >= 0.6 is 0 Å². The number of nitrogens with zero attached hydrogens (tertiary/aromatic N) is 4. The Bertz CT molecular complexity index is 718. The van der Waals surface area contributed by atoms with Gasteiger partial charge in [0.05, 0.1) is 16.8 Å². The van der Waals surface area contributed by atoms with Gasteiger partial charge < -0.3 is 10.2 Å². The number of hydrogen-bond donors (Lipinski definition) is 1. The van der Waals surface area contributed by atoms with Gasteiger partial charge in [0.15, 0.2) is 0 Å². The first-order valence-corrected chi connectivity index (χ1v) is 7.47. The van der Waals surface area contributed by atoms with Crippen LogP contribution in [0.1, 0.15) is 12.8 Å². The molecule has 2 aromatic rings. The van der Waals surface area contributed by atoms with E-state index in [2.05, 4.69) is 15.3 Å². The van der Waals surface area contributed by atoms with Crippen molar-refractivity contribution < 1.29 is 9.31 Å². The minimum atomic E-state index is -0.820. The van der Waals surface area contributed by atoms with E-state index in [-0.39, 0.29) is 11.7 Å². The van der Waals surface area contributed by atoms with Gasteiger partial charge in [-0.1, -0.05) is 6.07 Å². The van der Waals surface area contributed by atoms with E-state index in [4.69, 9.17) is 0 Å². The Balaban J connectivity index is 1.76. The summed E-state index contributed by atoms with van der Waals surface area (Å²) in [7, 11) is 1.86. The molecule has 7 nitrogen and oxygen atoms in total. The number of para-hydroxylation sites is 1. The topological polar surface area (TPSA) is 76.2 Å². The number of hydrogen-bond acceptors (Lipinski definition) is 5. The largest absolute Gasteiger partial charge is 0.375 e. The predicted octanol–water partition coefficient (Wildman–Crippen LogP) is 2.55. The van der Waals surface area contributed by atoms with Crippen LogP contribution in [-0.4, -0.2) is 33.8 Å². The van der Waals surface area contributed by atoms with Crippen LogP contribution in [0.4, 0.5) is 21.5 Å². The summed E-state index contributed by atoms with van der Waals surface area (Å²) in [6, 6.07) is 4.15. The van der Waals surface area contributed by atoms with Crippen molar-refractivity contribution in [3.05, 3.63) is 46.5 Å². The highest BCUT2D eigenvalue weighted by Gasteiger charge is 2.25. The van der Waals surface area contributed by atoms with Crippen molar-refractivity contribution in [2.45, 2.75) is 18.9 Å². The molecule has 0 bridgehead atoms. The molecule has 2 heterocycles. The molecule has 0 amide bonds. The molecule has 1 aromatic heterocycles. The van der Waals surface area contributed by atoms with E-state index in [0.29, 0.717) is 6.54 Å². The molecule has 3 rings (SSSR count). The molecule has 1 aliphatic heterocycles. The van der Waals surface area contributed by atoms with Crippen LogP contribution in [0.2, 0.25) is 0 Å². The Morgan fingerprint density at radius 1 is 1.48 bits per heavy atom. The molecule has 0 aliphatic carbocycles. The quantitative estimate of drug-likeness (QED) is 0.692. The standard InChI is InChI=1S/C15H18FN5O2/c1-19-10-12(8-17-19)20-7-3-4-11(9-20)18-14-6-2-5-13(16)15(14)21(22)23/h2,5-6,8,10-11,18H,3-4,7,9H2,1H3. The number of benzene rings is 1. The van der Waals surface area contributed by atoms with E-state index in [1.807, 2.05) is 13.2 Å². The average Bonchev–Trinajstić information content (AvgIpc) is 2.94. The van der Waals surface area contributed by atoms with Gasteiger partial charge in [-0.15, -0.1) is 0 Å². The van der Waals surface area contributed by atoms with Gasteiger partial charge in [-0.3, -0.25) is 14.8 Å². The molecule has 1 atom stereocenters. The number of anilines is 2. The van der Waals surface area contributed by atoms with Crippen molar-refractivity contribution in [2.75, 3.05) is 23.3 Å². The monoisotopic (exact) mass is 319 g/mol.